The number of ether oxygens (including phenoxy) is 1. The molecule has 1 N–H and O–H groups in total. The molecule has 1 saturated carbocycles. The quantitative estimate of drug-likeness (QED) is 0.433. The van der Waals surface area contributed by atoms with Crippen molar-refractivity contribution in [2.75, 3.05) is 53.0 Å². The second kappa shape index (κ2) is 12.4. The number of aromatic nitrogens is 3. The van der Waals surface area contributed by atoms with Crippen molar-refractivity contribution in [2.24, 2.45) is 17.8 Å². The minimum atomic E-state index is -0.111. The summed E-state index contributed by atoms with van der Waals surface area (Å²) in [4.78, 5) is 22.7. The van der Waals surface area contributed by atoms with E-state index in [0.29, 0.717) is 23.1 Å². The van der Waals surface area contributed by atoms with E-state index in [9.17, 15) is 4.79 Å². The summed E-state index contributed by atoms with van der Waals surface area (Å²) in [6.07, 6.45) is 12.7. The summed E-state index contributed by atoms with van der Waals surface area (Å²) in [7, 11) is 1.77. The molecular formula is C33H38N6O2. The van der Waals surface area contributed by atoms with E-state index in [-0.39, 0.29) is 5.91 Å². The van der Waals surface area contributed by atoms with Gasteiger partial charge in [0.2, 0.25) is 0 Å². The first-order valence-electron chi connectivity index (χ1n) is 14.6. The fraction of sp³-hybridized carbons (Fsp3) is 0.424. The van der Waals surface area contributed by atoms with Crippen LogP contribution in [0.5, 0.6) is 0 Å². The summed E-state index contributed by atoms with van der Waals surface area (Å²) in [6, 6.07) is 9.43. The van der Waals surface area contributed by atoms with Crippen LogP contribution in [0, 0.1) is 36.5 Å². The normalized spacial score (nSPS) is 21.4. The maximum absolute atomic E-state index is 13.3. The van der Waals surface area contributed by atoms with Gasteiger partial charge in [-0.25, -0.2) is 9.50 Å². The van der Waals surface area contributed by atoms with Crippen molar-refractivity contribution in [3.8, 4) is 11.8 Å². The highest BCUT2D eigenvalue weighted by molar-refractivity contribution is 5.96. The number of hydrogen-bond donors (Lipinski definition) is 1. The zero-order chi connectivity index (χ0) is 28.2. The number of nitrogens with zero attached hydrogens (tertiary/aromatic N) is 5. The maximum Gasteiger partial charge on any atom is 0.255 e. The second-order valence-corrected chi connectivity index (χ2v) is 11.4. The van der Waals surface area contributed by atoms with Crippen molar-refractivity contribution in [1.82, 2.24) is 29.7 Å². The number of carbonyl (C=O) groups is 1. The Labute approximate surface area is 242 Å². The number of methoxy groups -OCH3 is 1. The van der Waals surface area contributed by atoms with Crippen molar-refractivity contribution >= 4 is 11.6 Å². The third-order valence-corrected chi connectivity index (χ3v) is 8.46. The van der Waals surface area contributed by atoms with Crippen LogP contribution in [-0.4, -0.2) is 83.3 Å². The van der Waals surface area contributed by atoms with E-state index in [2.05, 4.69) is 55.3 Å². The maximum atomic E-state index is 13.3. The molecule has 2 atom stereocenters. The van der Waals surface area contributed by atoms with Crippen LogP contribution < -0.4 is 5.32 Å². The van der Waals surface area contributed by atoms with Gasteiger partial charge in [0.05, 0.1) is 12.8 Å². The van der Waals surface area contributed by atoms with Gasteiger partial charge in [0, 0.05) is 69.4 Å². The average Bonchev–Trinajstić information content (AvgIpc) is 3.76. The largest absolute Gasteiger partial charge is 0.383 e. The van der Waals surface area contributed by atoms with E-state index in [4.69, 9.17) is 4.74 Å². The number of amides is 1. The molecular weight excluding hydrogens is 512 g/mol. The molecule has 0 spiro atoms. The number of hydrogen-bond acceptors (Lipinski definition) is 6. The summed E-state index contributed by atoms with van der Waals surface area (Å²) < 4.78 is 6.96. The zero-order valence-electron chi connectivity index (χ0n) is 23.9. The van der Waals surface area contributed by atoms with Gasteiger partial charge in [-0.15, -0.1) is 0 Å². The van der Waals surface area contributed by atoms with E-state index >= 15 is 0 Å². The first-order valence-corrected chi connectivity index (χ1v) is 14.6. The van der Waals surface area contributed by atoms with E-state index in [1.54, 1.807) is 24.0 Å². The average molecular weight is 551 g/mol. The Morgan fingerprint density at radius 2 is 1.95 bits per heavy atom. The highest BCUT2D eigenvalue weighted by atomic mass is 16.5. The van der Waals surface area contributed by atoms with Gasteiger partial charge in [-0.3, -0.25) is 9.69 Å². The van der Waals surface area contributed by atoms with E-state index in [1.807, 2.05) is 37.3 Å². The molecule has 2 aromatic heterocycles. The van der Waals surface area contributed by atoms with Gasteiger partial charge in [-0.05, 0) is 79.3 Å². The summed E-state index contributed by atoms with van der Waals surface area (Å²) >= 11 is 0. The van der Waals surface area contributed by atoms with Crippen LogP contribution in [0.25, 0.3) is 5.65 Å². The Hall–Kier alpha value is -3.77. The first kappa shape index (κ1) is 27.4. The Bertz CT molecular complexity index is 1520. The molecule has 2 fully saturated rings. The van der Waals surface area contributed by atoms with Gasteiger partial charge in [-0.1, -0.05) is 24.1 Å². The van der Waals surface area contributed by atoms with Gasteiger partial charge < -0.3 is 15.0 Å². The van der Waals surface area contributed by atoms with Crippen LogP contribution in [0.1, 0.15) is 40.0 Å². The predicted octanol–water partition coefficient (Wildman–Crippen LogP) is 3.53. The van der Waals surface area contributed by atoms with Gasteiger partial charge in [0.25, 0.3) is 5.91 Å². The van der Waals surface area contributed by atoms with Crippen molar-refractivity contribution < 1.29 is 9.53 Å². The molecule has 3 aliphatic rings. The number of imidazole rings is 1. The standard InChI is InChI=1S/C33H38N6O2/c1-24-5-6-27(20-26(24)10-12-30-22-34-32-4-3-13-35-39(30)32)33(40)36-29-11-9-28(31(21-29)25-7-8-25)23-38-16-14-37(15-17-38)18-19-41-2/h3-6,9,11,13,20-22,25,28,31H,7-8,14-19,23H2,1-2H3,(H,36,40). The monoisotopic (exact) mass is 550 g/mol. The molecule has 212 valence electrons. The molecule has 1 saturated heterocycles. The van der Waals surface area contributed by atoms with Crippen molar-refractivity contribution in [2.45, 2.75) is 19.8 Å². The smallest absolute Gasteiger partial charge is 0.255 e. The second-order valence-electron chi connectivity index (χ2n) is 11.4. The highest BCUT2D eigenvalue weighted by Crippen LogP contribution is 2.44. The molecule has 8 nitrogen and oxygen atoms in total. The number of rotatable bonds is 8. The molecule has 2 aliphatic carbocycles. The number of nitrogens with one attached hydrogen (secondary N) is 1. The number of piperazine rings is 1. The third-order valence-electron chi connectivity index (χ3n) is 8.46. The minimum absolute atomic E-state index is 0.111. The van der Waals surface area contributed by atoms with Crippen molar-refractivity contribution in [3.63, 3.8) is 0 Å². The number of allylic oxidation sites excluding steroid dienone is 2. The van der Waals surface area contributed by atoms with Gasteiger partial charge in [0.15, 0.2) is 5.65 Å². The SMILES string of the molecule is COCCN1CCN(CC2C=CC(NC(=O)c3ccc(C)c(C#Cc4cnc5cccnn45)c3)=CC2C2CC2)CC1. The Morgan fingerprint density at radius 3 is 2.76 bits per heavy atom. The molecule has 1 aromatic carbocycles. The lowest BCUT2D eigenvalue weighted by Gasteiger charge is -2.38. The number of benzene rings is 1. The van der Waals surface area contributed by atoms with Crippen LogP contribution in [0.3, 0.4) is 0 Å². The lowest BCUT2D eigenvalue weighted by Crippen LogP contribution is -2.49. The highest BCUT2D eigenvalue weighted by Gasteiger charge is 2.37. The topological polar surface area (TPSA) is 75.0 Å². The molecule has 41 heavy (non-hydrogen) atoms. The molecule has 3 aromatic rings. The summed E-state index contributed by atoms with van der Waals surface area (Å²) in [5, 5.41) is 7.50. The lowest BCUT2D eigenvalue weighted by atomic mass is 9.83. The fourth-order valence-electron chi connectivity index (χ4n) is 5.84. The Balaban J connectivity index is 1.10. The van der Waals surface area contributed by atoms with Crippen molar-refractivity contribution in [1.29, 1.82) is 0 Å². The summed E-state index contributed by atoms with van der Waals surface area (Å²) in [5.41, 5.74) is 4.79. The first-order chi connectivity index (χ1) is 20.1. The van der Waals surface area contributed by atoms with Crippen LogP contribution in [0.15, 0.2) is 66.7 Å². The minimum Gasteiger partial charge on any atom is -0.383 e. The number of fused-ring (bicyclic) bond motifs is 1. The molecule has 0 bridgehead atoms. The van der Waals surface area contributed by atoms with E-state index in [0.717, 1.165) is 74.3 Å². The molecule has 1 amide bonds. The van der Waals surface area contributed by atoms with Crippen LogP contribution in [0.2, 0.25) is 0 Å². The van der Waals surface area contributed by atoms with Gasteiger partial charge >= 0.3 is 0 Å². The van der Waals surface area contributed by atoms with E-state index < -0.39 is 0 Å². The molecule has 6 rings (SSSR count). The van der Waals surface area contributed by atoms with Crippen LogP contribution >= 0.6 is 0 Å². The Morgan fingerprint density at radius 1 is 1.12 bits per heavy atom. The molecule has 2 unspecified atom stereocenters. The molecule has 1 aliphatic heterocycles. The third kappa shape index (κ3) is 6.59. The number of carbonyl (C=O) groups excluding carboxylic acids is 1. The number of aryl methyl sites for hydroxylation is 1. The zero-order valence-corrected chi connectivity index (χ0v) is 23.9. The fourth-order valence-corrected chi connectivity index (χ4v) is 5.84. The van der Waals surface area contributed by atoms with Gasteiger partial charge in [0.1, 0.15) is 5.69 Å². The van der Waals surface area contributed by atoms with Crippen LogP contribution in [-0.2, 0) is 4.74 Å². The predicted molar refractivity (Wildman–Crippen MR) is 159 cm³/mol. The van der Waals surface area contributed by atoms with Gasteiger partial charge in [-0.2, -0.15) is 5.10 Å². The summed E-state index contributed by atoms with van der Waals surface area (Å²) in [5.74, 6) is 7.96. The molecule has 8 heteroatoms. The Kier molecular flexibility index (Phi) is 8.28. The van der Waals surface area contributed by atoms with Crippen molar-refractivity contribution in [3.05, 3.63) is 89.0 Å². The molecule has 0 radical (unpaired) electrons. The van der Waals surface area contributed by atoms with E-state index in [1.165, 1.54) is 12.8 Å². The lowest BCUT2D eigenvalue weighted by molar-refractivity contribution is 0.0881. The molecule has 3 heterocycles. The van der Waals surface area contributed by atoms with Crippen LogP contribution in [0.4, 0.5) is 0 Å². The summed E-state index contributed by atoms with van der Waals surface area (Å²) in [6.45, 7) is 9.30.